The molecule has 0 radical (unpaired) electrons. The Hall–Kier alpha value is -2.70. The van der Waals surface area contributed by atoms with Gasteiger partial charge in [0.1, 0.15) is 0 Å². The Morgan fingerprint density at radius 3 is 2.40 bits per heavy atom. The van der Waals surface area contributed by atoms with E-state index >= 15 is 0 Å². The number of nitrogens with zero attached hydrogens (tertiary/aromatic N) is 5. The average Bonchev–Trinajstić information content (AvgIpc) is 3.11. The predicted octanol–water partition coefficient (Wildman–Crippen LogP) is 4.06. The molecule has 0 saturated carbocycles. The van der Waals surface area contributed by atoms with Gasteiger partial charge in [-0.2, -0.15) is 5.10 Å². The molecule has 1 atom stereocenters. The second-order valence-electron chi connectivity index (χ2n) is 7.77. The summed E-state index contributed by atoms with van der Waals surface area (Å²) in [6.45, 7) is 9.11. The lowest BCUT2D eigenvalue weighted by molar-refractivity contribution is 0.0582. The Morgan fingerprint density at radius 2 is 1.80 bits per heavy atom. The zero-order chi connectivity index (χ0) is 21.3. The van der Waals surface area contributed by atoms with E-state index in [1.54, 1.807) is 10.9 Å². The highest BCUT2D eigenvalue weighted by molar-refractivity contribution is 6.31. The first-order valence-corrected chi connectivity index (χ1v) is 10.6. The van der Waals surface area contributed by atoms with Gasteiger partial charge in [0, 0.05) is 49.1 Å². The zero-order valence-corrected chi connectivity index (χ0v) is 18.3. The Morgan fingerprint density at radius 1 is 1.07 bits per heavy atom. The highest BCUT2D eigenvalue weighted by Gasteiger charge is 2.26. The fourth-order valence-electron chi connectivity index (χ4n) is 4.00. The van der Waals surface area contributed by atoms with E-state index in [0.717, 1.165) is 40.9 Å². The number of aromatic nitrogens is 3. The molecule has 3 heterocycles. The van der Waals surface area contributed by atoms with E-state index in [-0.39, 0.29) is 11.9 Å². The summed E-state index contributed by atoms with van der Waals surface area (Å²) in [7, 11) is 0. The molecule has 0 spiro atoms. The van der Waals surface area contributed by atoms with Gasteiger partial charge in [-0.05, 0) is 50.6 Å². The van der Waals surface area contributed by atoms with Crippen molar-refractivity contribution in [1.82, 2.24) is 24.6 Å². The first-order valence-electron chi connectivity index (χ1n) is 10.2. The van der Waals surface area contributed by atoms with E-state index in [1.165, 1.54) is 0 Å². The molecule has 0 bridgehead atoms. The van der Waals surface area contributed by atoms with Crippen LogP contribution in [0.15, 0.2) is 48.7 Å². The van der Waals surface area contributed by atoms with Gasteiger partial charge in [-0.25, -0.2) is 9.67 Å². The predicted molar refractivity (Wildman–Crippen MR) is 118 cm³/mol. The number of benzene rings is 1. The highest BCUT2D eigenvalue weighted by Crippen LogP contribution is 2.28. The SMILES string of the molecule is Cc1cc(C)n(-c2ccc(C(=O)N3CCN(C(C)c4ccccc4Cl)CC3)cn2)n1. The molecular weight excluding hydrogens is 398 g/mol. The van der Waals surface area contributed by atoms with Crippen LogP contribution < -0.4 is 0 Å². The molecule has 0 N–H and O–H groups in total. The van der Waals surface area contributed by atoms with Gasteiger partial charge >= 0.3 is 0 Å². The largest absolute Gasteiger partial charge is 0.336 e. The molecule has 7 heteroatoms. The minimum Gasteiger partial charge on any atom is -0.336 e. The molecule has 1 aromatic carbocycles. The third-order valence-corrected chi connectivity index (χ3v) is 6.07. The molecule has 1 saturated heterocycles. The van der Waals surface area contributed by atoms with E-state index in [1.807, 2.05) is 55.1 Å². The van der Waals surface area contributed by atoms with Crippen molar-refractivity contribution in [3.05, 3.63) is 76.2 Å². The number of halogens is 1. The molecule has 1 aliphatic rings. The van der Waals surface area contributed by atoms with Gasteiger partial charge in [0.15, 0.2) is 5.82 Å². The van der Waals surface area contributed by atoms with Crippen LogP contribution in [0, 0.1) is 13.8 Å². The maximum atomic E-state index is 12.9. The second-order valence-corrected chi connectivity index (χ2v) is 8.18. The molecule has 0 aliphatic carbocycles. The Kier molecular flexibility index (Phi) is 5.88. The van der Waals surface area contributed by atoms with Crippen LogP contribution in [0.1, 0.15) is 40.3 Å². The first-order chi connectivity index (χ1) is 14.4. The quantitative estimate of drug-likeness (QED) is 0.635. The van der Waals surface area contributed by atoms with Gasteiger partial charge in [0.2, 0.25) is 0 Å². The summed E-state index contributed by atoms with van der Waals surface area (Å²) < 4.78 is 1.79. The van der Waals surface area contributed by atoms with E-state index in [9.17, 15) is 4.79 Å². The van der Waals surface area contributed by atoms with Crippen LogP contribution in [0.25, 0.3) is 5.82 Å². The van der Waals surface area contributed by atoms with Crippen LogP contribution in [0.3, 0.4) is 0 Å². The van der Waals surface area contributed by atoms with Crippen LogP contribution in [-0.2, 0) is 0 Å². The van der Waals surface area contributed by atoms with Crippen LogP contribution in [0.2, 0.25) is 5.02 Å². The number of piperazine rings is 1. The number of pyridine rings is 1. The molecule has 30 heavy (non-hydrogen) atoms. The van der Waals surface area contributed by atoms with E-state index < -0.39 is 0 Å². The molecule has 156 valence electrons. The van der Waals surface area contributed by atoms with Crippen molar-refractivity contribution in [3.8, 4) is 5.82 Å². The smallest absolute Gasteiger partial charge is 0.255 e. The maximum absolute atomic E-state index is 12.9. The number of hydrogen-bond donors (Lipinski definition) is 0. The van der Waals surface area contributed by atoms with E-state index in [2.05, 4.69) is 28.0 Å². The summed E-state index contributed by atoms with van der Waals surface area (Å²) in [5.74, 6) is 0.739. The van der Waals surface area contributed by atoms with Crippen LogP contribution in [-0.4, -0.2) is 56.7 Å². The van der Waals surface area contributed by atoms with Crippen molar-refractivity contribution in [1.29, 1.82) is 0 Å². The van der Waals surface area contributed by atoms with Gasteiger partial charge in [-0.3, -0.25) is 9.69 Å². The van der Waals surface area contributed by atoms with Gasteiger partial charge < -0.3 is 4.90 Å². The van der Waals surface area contributed by atoms with Gasteiger partial charge in [-0.1, -0.05) is 29.8 Å². The number of carbonyl (C=O) groups is 1. The van der Waals surface area contributed by atoms with Crippen molar-refractivity contribution >= 4 is 17.5 Å². The summed E-state index contributed by atoms with van der Waals surface area (Å²) in [4.78, 5) is 21.7. The second kappa shape index (κ2) is 8.58. The molecule has 1 fully saturated rings. The lowest BCUT2D eigenvalue weighted by Crippen LogP contribution is -2.49. The minimum atomic E-state index is 0.0208. The fourth-order valence-corrected chi connectivity index (χ4v) is 4.30. The molecule has 4 rings (SSSR count). The number of aryl methyl sites for hydroxylation is 2. The van der Waals surface area contributed by atoms with Crippen LogP contribution >= 0.6 is 11.6 Å². The Labute approximate surface area is 182 Å². The monoisotopic (exact) mass is 423 g/mol. The zero-order valence-electron chi connectivity index (χ0n) is 17.5. The van der Waals surface area contributed by atoms with Crippen LogP contribution in [0.4, 0.5) is 0 Å². The standard InChI is InChI=1S/C23H26ClN5O/c1-16-14-17(2)29(26-16)22-9-8-19(15-25-22)23(30)28-12-10-27(11-13-28)18(3)20-6-4-5-7-21(20)24/h4-9,14-15,18H,10-13H2,1-3H3. The Bertz CT molecular complexity index is 1040. The Balaban J connectivity index is 1.39. The van der Waals surface area contributed by atoms with Gasteiger partial charge in [0.25, 0.3) is 5.91 Å². The molecule has 1 amide bonds. The lowest BCUT2D eigenvalue weighted by Gasteiger charge is -2.38. The molecule has 1 aliphatic heterocycles. The number of carbonyl (C=O) groups excluding carboxylic acids is 1. The number of amides is 1. The molecule has 1 unspecified atom stereocenters. The topological polar surface area (TPSA) is 54.3 Å². The third kappa shape index (κ3) is 4.11. The van der Waals surface area contributed by atoms with E-state index in [0.29, 0.717) is 18.7 Å². The molecule has 3 aromatic rings. The summed E-state index contributed by atoms with van der Waals surface area (Å²) >= 11 is 6.36. The van der Waals surface area contributed by atoms with Crippen molar-refractivity contribution < 1.29 is 4.79 Å². The fraction of sp³-hybridized carbons (Fsp3) is 0.348. The molecule has 2 aromatic heterocycles. The molecular formula is C23H26ClN5O. The van der Waals surface area contributed by atoms with Crippen molar-refractivity contribution in [2.45, 2.75) is 26.8 Å². The van der Waals surface area contributed by atoms with Crippen molar-refractivity contribution in [2.24, 2.45) is 0 Å². The minimum absolute atomic E-state index is 0.0208. The number of hydrogen-bond acceptors (Lipinski definition) is 4. The maximum Gasteiger partial charge on any atom is 0.255 e. The van der Waals surface area contributed by atoms with Crippen molar-refractivity contribution in [2.75, 3.05) is 26.2 Å². The summed E-state index contributed by atoms with van der Waals surface area (Å²) in [6, 6.07) is 13.9. The van der Waals surface area contributed by atoms with Gasteiger partial charge in [-0.15, -0.1) is 0 Å². The summed E-state index contributed by atoms with van der Waals surface area (Å²) in [6.07, 6.45) is 1.65. The first kappa shape index (κ1) is 20.6. The normalized spacial score (nSPS) is 15.9. The van der Waals surface area contributed by atoms with Gasteiger partial charge in [0.05, 0.1) is 11.3 Å². The van der Waals surface area contributed by atoms with Crippen LogP contribution in [0.5, 0.6) is 0 Å². The van der Waals surface area contributed by atoms with E-state index in [4.69, 9.17) is 11.6 Å². The summed E-state index contributed by atoms with van der Waals surface area (Å²) in [5, 5.41) is 5.23. The molecule has 6 nitrogen and oxygen atoms in total. The lowest BCUT2D eigenvalue weighted by atomic mass is 10.1. The van der Waals surface area contributed by atoms with Crippen molar-refractivity contribution in [3.63, 3.8) is 0 Å². The highest BCUT2D eigenvalue weighted by atomic mass is 35.5. The number of rotatable bonds is 4. The third-order valence-electron chi connectivity index (χ3n) is 5.73. The average molecular weight is 424 g/mol. The summed E-state index contributed by atoms with van der Waals surface area (Å²) in [5.41, 5.74) is 3.69.